The van der Waals surface area contributed by atoms with Gasteiger partial charge in [-0.15, -0.1) is 0 Å². The maximum atomic E-state index is 13.2. The van der Waals surface area contributed by atoms with Gasteiger partial charge in [-0.1, -0.05) is 13.8 Å². The molecule has 2 aliphatic heterocycles. The summed E-state index contributed by atoms with van der Waals surface area (Å²) in [4.78, 5) is 31.1. The summed E-state index contributed by atoms with van der Waals surface area (Å²) in [6.45, 7) is 4.64. The van der Waals surface area contributed by atoms with Crippen LogP contribution >= 0.6 is 0 Å². The summed E-state index contributed by atoms with van der Waals surface area (Å²) in [6, 6.07) is 1.69. The molecule has 0 saturated carbocycles. The number of nitrogens with one attached hydrogen (secondary N) is 1. The van der Waals surface area contributed by atoms with Crippen LogP contribution in [0.4, 0.5) is 11.4 Å². The van der Waals surface area contributed by atoms with Crippen LogP contribution in [0.5, 0.6) is 0 Å². The van der Waals surface area contributed by atoms with E-state index >= 15 is 0 Å². The van der Waals surface area contributed by atoms with Gasteiger partial charge in [0.2, 0.25) is 21.8 Å². The van der Waals surface area contributed by atoms with E-state index in [9.17, 15) is 18.0 Å². The zero-order chi connectivity index (χ0) is 19.6. The lowest BCUT2D eigenvalue weighted by atomic mass is 9.96. The Labute approximate surface area is 160 Å². The normalized spacial score (nSPS) is 22.1. The van der Waals surface area contributed by atoms with Gasteiger partial charge in [-0.25, -0.2) is 12.7 Å². The van der Waals surface area contributed by atoms with Gasteiger partial charge in [-0.2, -0.15) is 0 Å². The molecule has 148 valence electrons. The average molecular weight is 394 g/mol. The number of rotatable bonds is 4. The number of hydrogen-bond acceptors (Lipinski definition) is 5. The van der Waals surface area contributed by atoms with Crippen LogP contribution in [-0.4, -0.2) is 54.9 Å². The van der Waals surface area contributed by atoms with Crippen LogP contribution in [0.25, 0.3) is 0 Å². The van der Waals surface area contributed by atoms with Crippen molar-refractivity contribution in [3.05, 3.63) is 18.5 Å². The molecule has 3 rings (SSSR count). The number of carbonyl (C=O) groups is 2. The Morgan fingerprint density at radius 3 is 2.70 bits per heavy atom. The fourth-order valence-electron chi connectivity index (χ4n) is 3.62. The zero-order valence-electron chi connectivity index (χ0n) is 15.7. The third-order valence-electron chi connectivity index (χ3n) is 5.18. The number of piperidine rings is 1. The predicted octanol–water partition coefficient (Wildman–Crippen LogP) is 1.45. The predicted molar refractivity (Wildman–Crippen MR) is 103 cm³/mol. The zero-order valence-corrected chi connectivity index (χ0v) is 16.5. The van der Waals surface area contributed by atoms with Crippen LogP contribution in [0.2, 0.25) is 0 Å². The van der Waals surface area contributed by atoms with Gasteiger partial charge in [0.25, 0.3) is 0 Å². The molecule has 1 aromatic rings. The van der Waals surface area contributed by atoms with Crippen LogP contribution < -0.4 is 10.2 Å². The summed E-state index contributed by atoms with van der Waals surface area (Å²) in [5.74, 6) is -0.654. The van der Waals surface area contributed by atoms with Gasteiger partial charge >= 0.3 is 0 Å². The summed E-state index contributed by atoms with van der Waals surface area (Å²) in [6.07, 6.45) is 4.73. The van der Waals surface area contributed by atoms with Crippen LogP contribution in [0, 0.1) is 11.8 Å². The molecule has 8 nitrogen and oxygen atoms in total. The Balaban J connectivity index is 1.75. The Morgan fingerprint density at radius 2 is 2.04 bits per heavy atom. The molecule has 1 fully saturated rings. The molecule has 1 aromatic heterocycles. The fourth-order valence-corrected chi connectivity index (χ4v) is 5.16. The Bertz CT molecular complexity index is 818. The van der Waals surface area contributed by atoms with Gasteiger partial charge in [0.1, 0.15) is 0 Å². The van der Waals surface area contributed by atoms with Gasteiger partial charge in [0, 0.05) is 31.7 Å². The molecule has 1 N–H and O–H groups in total. The second kappa shape index (κ2) is 7.93. The lowest BCUT2D eigenvalue weighted by molar-refractivity contribution is -0.123. The van der Waals surface area contributed by atoms with E-state index in [2.05, 4.69) is 10.3 Å². The molecular weight excluding hydrogens is 368 g/mol. The van der Waals surface area contributed by atoms with Crippen molar-refractivity contribution in [2.24, 2.45) is 11.8 Å². The van der Waals surface area contributed by atoms with Crippen LogP contribution in [-0.2, 0) is 19.6 Å². The molecule has 0 bridgehead atoms. The number of pyridine rings is 1. The van der Waals surface area contributed by atoms with E-state index in [4.69, 9.17) is 0 Å². The maximum Gasteiger partial charge on any atom is 0.230 e. The minimum Gasteiger partial charge on any atom is -0.324 e. The first-order chi connectivity index (χ1) is 12.8. The lowest BCUT2D eigenvalue weighted by Gasteiger charge is -2.33. The quantitative estimate of drug-likeness (QED) is 0.833. The van der Waals surface area contributed by atoms with Crippen molar-refractivity contribution < 1.29 is 18.0 Å². The van der Waals surface area contributed by atoms with E-state index in [1.807, 2.05) is 6.92 Å². The molecule has 0 spiro atoms. The SMILES string of the molecule is CCCS(=O)(=O)N1CCC(C(=O)N2CC(C)C(=O)Nc3ccncc32)CC1. The second-order valence-electron chi connectivity index (χ2n) is 7.22. The third-order valence-corrected chi connectivity index (χ3v) is 7.25. The highest BCUT2D eigenvalue weighted by Crippen LogP contribution is 2.32. The first kappa shape index (κ1) is 19.8. The van der Waals surface area contributed by atoms with Crippen molar-refractivity contribution in [1.29, 1.82) is 0 Å². The summed E-state index contributed by atoms with van der Waals surface area (Å²) in [5.41, 5.74) is 1.18. The van der Waals surface area contributed by atoms with Crippen molar-refractivity contribution in [1.82, 2.24) is 9.29 Å². The van der Waals surface area contributed by atoms with E-state index in [1.54, 1.807) is 30.3 Å². The third kappa shape index (κ3) is 4.14. The monoisotopic (exact) mass is 394 g/mol. The van der Waals surface area contributed by atoms with Crippen LogP contribution in [0.1, 0.15) is 33.1 Å². The van der Waals surface area contributed by atoms with E-state index in [-0.39, 0.29) is 35.9 Å². The first-order valence-corrected chi connectivity index (χ1v) is 11.0. The highest BCUT2D eigenvalue weighted by atomic mass is 32.2. The molecule has 0 aromatic carbocycles. The average Bonchev–Trinajstić information content (AvgIpc) is 2.78. The number of fused-ring (bicyclic) bond motifs is 1. The summed E-state index contributed by atoms with van der Waals surface area (Å²) in [7, 11) is -3.23. The van der Waals surface area contributed by atoms with Crippen molar-refractivity contribution in [3.63, 3.8) is 0 Å². The number of aromatic nitrogens is 1. The van der Waals surface area contributed by atoms with E-state index < -0.39 is 10.0 Å². The van der Waals surface area contributed by atoms with Crippen molar-refractivity contribution in [3.8, 4) is 0 Å². The fraction of sp³-hybridized carbons (Fsp3) is 0.611. The molecule has 0 aliphatic carbocycles. The smallest absolute Gasteiger partial charge is 0.230 e. The lowest BCUT2D eigenvalue weighted by Crippen LogP contribution is -2.46. The summed E-state index contributed by atoms with van der Waals surface area (Å²) < 4.78 is 25.9. The molecule has 2 aliphatic rings. The van der Waals surface area contributed by atoms with Crippen LogP contribution in [0.3, 0.4) is 0 Å². The highest BCUT2D eigenvalue weighted by Gasteiger charge is 2.36. The van der Waals surface area contributed by atoms with Crippen molar-refractivity contribution >= 4 is 33.2 Å². The van der Waals surface area contributed by atoms with Gasteiger partial charge in [-0.3, -0.25) is 14.6 Å². The molecule has 0 radical (unpaired) electrons. The van der Waals surface area contributed by atoms with Crippen molar-refractivity contribution in [2.75, 3.05) is 35.6 Å². The minimum absolute atomic E-state index is 0.0693. The van der Waals surface area contributed by atoms with E-state index in [1.165, 1.54) is 4.31 Å². The molecular formula is C18H26N4O4S. The molecule has 9 heteroatoms. The van der Waals surface area contributed by atoms with Gasteiger partial charge < -0.3 is 10.2 Å². The second-order valence-corrected chi connectivity index (χ2v) is 9.31. The van der Waals surface area contributed by atoms with Gasteiger partial charge in [0.15, 0.2) is 0 Å². The largest absolute Gasteiger partial charge is 0.324 e. The van der Waals surface area contributed by atoms with Crippen molar-refractivity contribution in [2.45, 2.75) is 33.1 Å². The molecule has 1 atom stereocenters. The Morgan fingerprint density at radius 1 is 1.33 bits per heavy atom. The number of sulfonamides is 1. The number of nitrogens with zero attached hydrogens (tertiary/aromatic N) is 3. The maximum absolute atomic E-state index is 13.2. The number of hydrogen-bond donors (Lipinski definition) is 1. The molecule has 1 saturated heterocycles. The molecule has 2 amide bonds. The number of amides is 2. The highest BCUT2D eigenvalue weighted by molar-refractivity contribution is 7.89. The Kier molecular flexibility index (Phi) is 5.81. The first-order valence-electron chi connectivity index (χ1n) is 9.37. The van der Waals surface area contributed by atoms with Gasteiger partial charge in [0.05, 0.1) is 29.2 Å². The standard InChI is InChI=1S/C18H26N4O4S/c1-3-10-27(25,26)21-8-5-14(6-9-21)18(24)22-12-13(2)17(23)20-15-4-7-19-11-16(15)22/h4,7,11,13-14H,3,5-6,8-10,12H2,1-2H3,(H,20,23). The number of anilines is 2. The molecule has 27 heavy (non-hydrogen) atoms. The Hall–Kier alpha value is -2.00. The summed E-state index contributed by atoms with van der Waals surface area (Å²) >= 11 is 0. The molecule has 3 heterocycles. The van der Waals surface area contributed by atoms with Gasteiger partial charge in [-0.05, 0) is 25.3 Å². The van der Waals surface area contributed by atoms with E-state index in [0.29, 0.717) is 43.7 Å². The van der Waals surface area contributed by atoms with E-state index in [0.717, 1.165) is 0 Å². The van der Waals surface area contributed by atoms with Crippen LogP contribution in [0.15, 0.2) is 18.5 Å². The summed E-state index contributed by atoms with van der Waals surface area (Å²) in [5, 5.41) is 2.84. The number of carbonyl (C=O) groups excluding carboxylic acids is 2. The topological polar surface area (TPSA) is 99.7 Å². The minimum atomic E-state index is -3.23. The molecule has 1 unspecified atom stereocenters.